The minimum absolute atomic E-state index is 0.563. The van der Waals surface area contributed by atoms with Crippen molar-refractivity contribution in [2.45, 2.75) is 0 Å². The maximum Gasteiger partial charge on any atom is 0.0556 e. The van der Waals surface area contributed by atoms with Crippen LogP contribution in [0.2, 0.25) is 0 Å². The molecule has 0 aliphatic carbocycles. The highest BCUT2D eigenvalue weighted by Crippen LogP contribution is 2.30. The molecule has 0 fully saturated rings. The lowest BCUT2D eigenvalue weighted by Crippen LogP contribution is -1.94. The van der Waals surface area contributed by atoms with E-state index in [1.165, 1.54) is 10.9 Å². The van der Waals surface area contributed by atoms with Crippen LogP contribution in [0, 0.1) is 0 Å². The first-order chi connectivity index (χ1) is 7.25. The summed E-state index contributed by atoms with van der Waals surface area (Å²) in [5, 5.41) is 1.23. The molecule has 0 saturated carbocycles. The molecule has 1 heterocycles. The maximum absolute atomic E-state index is 5.46. The third kappa shape index (κ3) is 1.73. The van der Waals surface area contributed by atoms with E-state index in [9.17, 15) is 0 Å². The summed E-state index contributed by atoms with van der Waals surface area (Å²) in [6, 6.07) is 8.31. The van der Waals surface area contributed by atoms with Crippen LogP contribution in [-0.4, -0.2) is 11.1 Å². The van der Waals surface area contributed by atoms with Crippen LogP contribution in [0.25, 0.3) is 17.0 Å². The normalized spacial score (nSPS) is 11.7. The molecule has 2 aromatic rings. The molecule has 1 aromatic heterocycles. The van der Waals surface area contributed by atoms with Crippen molar-refractivity contribution in [2.75, 3.05) is 6.54 Å². The number of rotatable bonds is 2. The van der Waals surface area contributed by atoms with E-state index in [-0.39, 0.29) is 0 Å². The van der Waals surface area contributed by atoms with Crippen LogP contribution < -0.4 is 5.73 Å². The number of halogens is 1. The molecule has 0 bridgehead atoms. The van der Waals surface area contributed by atoms with Crippen LogP contribution in [0.15, 0.2) is 34.8 Å². The number of para-hydroxylation sites is 1. The predicted octanol–water partition coefficient (Wildman–Crippen LogP) is 2.91. The Hall–Kier alpha value is -1.06. The van der Waals surface area contributed by atoms with Crippen molar-refractivity contribution in [1.82, 2.24) is 4.57 Å². The van der Waals surface area contributed by atoms with E-state index in [0.717, 1.165) is 10.2 Å². The number of hydrogen-bond donors (Lipinski definition) is 1. The highest BCUT2D eigenvalue weighted by molar-refractivity contribution is 9.10. The van der Waals surface area contributed by atoms with Gasteiger partial charge in [-0.2, -0.15) is 0 Å². The van der Waals surface area contributed by atoms with Crippen LogP contribution in [0.1, 0.15) is 5.69 Å². The summed E-state index contributed by atoms with van der Waals surface area (Å²) in [7, 11) is 2.06. The highest BCUT2D eigenvalue weighted by Gasteiger charge is 2.09. The Kier molecular flexibility index (Phi) is 2.93. The predicted molar refractivity (Wildman–Crippen MR) is 68.7 cm³/mol. The van der Waals surface area contributed by atoms with E-state index in [0.29, 0.717) is 6.54 Å². The van der Waals surface area contributed by atoms with Gasteiger partial charge in [0.2, 0.25) is 0 Å². The summed E-state index contributed by atoms with van der Waals surface area (Å²) in [6.45, 7) is 0.563. The molecule has 78 valence electrons. The number of aromatic nitrogens is 1. The maximum atomic E-state index is 5.46. The van der Waals surface area contributed by atoms with Crippen molar-refractivity contribution in [1.29, 1.82) is 0 Å². The fourth-order valence-electron chi connectivity index (χ4n) is 1.73. The second kappa shape index (κ2) is 4.21. The largest absolute Gasteiger partial charge is 0.343 e. The third-order valence-corrected chi connectivity index (χ3v) is 3.33. The molecule has 2 N–H and O–H groups in total. The minimum Gasteiger partial charge on any atom is -0.343 e. The first-order valence-electron chi connectivity index (χ1n) is 4.85. The molecule has 1 aromatic carbocycles. The van der Waals surface area contributed by atoms with Gasteiger partial charge < -0.3 is 10.3 Å². The molecular formula is C12H13BrN2. The van der Waals surface area contributed by atoms with E-state index in [1.54, 1.807) is 0 Å². The average molecular weight is 265 g/mol. The molecule has 3 heteroatoms. The molecule has 0 amide bonds. The Morgan fingerprint density at radius 2 is 2.13 bits per heavy atom. The van der Waals surface area contributed by atoms with Gasteiger partial charge in [-0.05, 0) is 28.1 Å². The molecule has 15 heavy (non-hydrogen) atoms. The van der Waals surface area contributed by atoms with Gasteiger partial charge in [0, 0.05) is 24.5 Å². The highest BCUT2D eigenvalue weighted by atomic mass is 79.9. The van der Waals surface area contributed by atoms with Crippen LogP contribution in [0.3, 0.4) is 0 Å². The monoisotopic (exact) mass is 264 g/mol. The molecule has 0 aliphatic heterocycles. The number of benzene rings is 1. The summed E-state index contributed by atoms with van der Waals surface area (Å²) < 4.78 is 3.29. The molecule has 0 spiro atoms. The first-order valence-corrected chi connectivity index (χ1v) is 5.64. The van der Waals surface area contributed by atoms with Crippen molar-refractivity contribution in [3.63, 3.8) is 0 Å². The van der Waals surface area contributed by atoms with Gasteiger partial charge in [0.15, 0.2) is 0 Å². The molecular weight excluding hydrogens is 252 g/mol. The van der Waals surface area contributed by atoms with Gasteiger partial charge in [-0.1, -0.05) is 24.3 Å². The zero-order chi connectivity index (χ0) is 10.8. The average Bonchev–Trinajstić information content (AvgIpc) is 2.51. The van der Waals surface area contributed by atoms with Crippen molar-refractivity contribution in [2.24, 2.45) is 12.8 Å². The van der Waals surface area contributed by atoms with Gasteiger partial charge in [0.25, 0.3) is 0 Å². The van der Waals surface area contributed by atoms with Crippen LogP contribution in [0.4, 0.5) is 0 Å². The van der Waals surface area contributed by atoms with Gasteiger partial charge in [-0.15, -0.1) is 0 Å². The van der Waals surface area contributed by atoms with Gasteiger partial charge in [-0.25, -0.2) is 0 Å². The Morgan fingerprint density at radius 3 is 2.80 bits per heavy atom. The minimum atomic E-state index is 0.563. The van der Waals surface area contributed by atoms with Crippen LogP contribution in [-0.2, 0) is 7.05 Å². The Balaban J connectivity index is 2.69. The first kappa shape index (κ1) is 10.5. The van der Waals surface area contributed by atoms with Crippen molar-refractivity contribution in [3.8, 4) is 0 Å². The lowest BCUT2D eigenvalue weighted by Gasteiger charge is -1.98. The zero-order valence-corrected chi connectivity index (χ0v) is 10.2. The Bertz CT molecular complexity index is 473. The van der Waals surface area contributed by atoms with Gasteiger partial charge in [0.1, 0.15) is 0 Å². The number of aryl methyl sites for hydroxylation is 1. The standard InChI is InChI=1S/C12H13BrN2/c1-15-10-6-3-2-5-9(10)12(13)11(15)7-4-8-14/h2-7H,8,14H2,1H3/b7-4+. The zero-order valence-electron chi connectivity index (χ0n) is 8.57. The summed E-state index contributed by atoms with van der Waals surface area (Å²) in [5.41, 5.74) is 7.84. The number of fused-ring (bicyclic) bond motifs is 1. The Morgan fingerprint density at radius 1 is 1.40 bits per heavy atom. The number of hydrogen-bond acceptors (Lipinski definition) is 1. The second-order valence-electron chi connectivity index (χ2n) is 3.41. The summed E-state index contributed by atoms with van der Waals surface area (Å²) in [4.78, 5) is 0. The summed E-state index contributed by atoms with van der Waals surface area (Å²) in [6.07, 6.45) is 4.00. The lowest BCUT2D eigenvalue weighted by molar-refractivity contribution is 0.951. The van der Waals surface area contributed by atoms with Gasteiger partial charge >= 0.3 is 0 Å². The van der Waals surface area contributed by atoms with E-state index >= 15 is 0 Å². The number of nitrogens with two attached hydrogens (primary N) is 1. The molecule has 0 atom stereocenters. The molecule has 0 aliphatic rings. The van der Waals surface area contributed by atoms with Crippen molar-refractivity contribution in [3.05, 3.63) is 40.5 Å². The quantitative estimate of drug-likeness (QED) is 0.889. The van der Waals surface area contributed by atoms with E-state index in [1.807, 2.05) is 24.3 Å². The molecule has 2 nitrogen and oxygen atoms in total. The molecule has 0 radical (unpaired) electrons. The Labute approximate surface area is 97.5 Å². The van der Waals surface area contributed by atoms with Gasteiger partial charge in [0.05, 0.1) is 10.2 Å². The lowest BCUT2D eigenvalue weighted by atomic mass is 10.2. The fourth-order valence-corrected chi connectivity index (χ4v) is 2.46. The van der Waals surface area contributed by atoms with Crippen molar-refractivity contribution < 1.29 is 0 Å². The summed E-state index contributed by atoms with van der Waals surface area (Å²) >= 11 is 3.62. The van der Waals surface area contributed by atoms with E-state index < -0.39 is 0 Å². The smallest absolute Gasteiger partial charge is 0.0556 e. The SMILES string of the molecule is Cn1c(/C=C/CN)c(Br)c2ccccc21. The van der Waals surface area contributed by atoms with Crippen LogP contribution in [0.5, 0.6) is 0 Å². The van der Waals surface area contributed by atoms with Crippen molar-refractivity contribution >= 4 is 32.9 Å². The third-order valence-electron chi connectivity index (χ3n) is 2.50. The molecule has 2 rings (SSSR count). The van der Waals surface area contributed by atoms with Gasteiger partial charge in [-0.3, -0.25) is 0 Å². The summed E-state index contributed by atoms with van der Waals surface area (Å²) in [5.74, 6) is 0. The van der Waals surface area contributed by atoms with E-state index in [4.69, 9.17) is 5.73 Å². The molecule has 0 saturated heterocycles. The topological polar surface area (TPSA) is 30.9 Å². The van der Waals surface area contributed by atoms with E-state index in [2.05, 4.69) is 39.7 Å². The molecule has 0 unspecified atom stereocenters. The number of nitrogens with zero attached hydrogens (tertiary/aromatic N) is 1. The van der Waals surface area contributed by atoms with Crippen LogP contribution >= 0.6 is 15.9 Å². The second-order valence-corrected chi connectivity index (χ2v) is 4.21. The fraction of sp³-hybridized carbons (Fsp3) is 0.167.